The van der Waals surface area contributed by atoms with Crippen molar-refractivity contribution in [3.05, 3.63) is 34.9 Å². The van der Waals surface area contributed by atoms with Crippen molar-refractivity contribution in [3.63, 3.8) is 0 Å². The largest absolute Gasteiger partial charge is 0.461 e. The Morgan fingerprint density at radius 3 is 2.66 bits per heavy atom. The smallest absolute Gasteiger partial charge is 0.338 e. The summed E-state index contributed by atoms with van der Waals surface area (Å²) in [6.45, 7) is 6.75. The Kier molecular flexibility index (Phi) is 7.98. The van der Waals surface area contributed by atoms with Gasteiger partial charge >= 0.3 is 5.97 Å². The molecular formula is C22H31F2NO4. The molecule has 7 heteroatoms. The summed E-state index contributed by atoms with van der Waals surface area (Å²) in [6, 6.07) is 5.61. The topological polar surface area (TPSA) is 48.0 Å². The number of hydrogen-bond donors (Lipinski definition) is 0. The van der Waals surface area contributed by atoms with E-state index in [2.05, 4.69) is 4.90 Å². The van der Waals surface area contributed by atoms with Gasteiger partial charge in [0.25, 0.3) is 0 Å². The van der Waals surface area contributed by atoms with Gasteiger partial charge < -0.3 is 14.2 Å². The van der Waals surface area contributed by atoms with Gasteiger partial charge in [0.2, 0.25) is 5.92 Å². The van der Waals surface area contributed by atoms with Crippen LogP contribution in [0.1, 0.15) is 60.0 Å². The maximum atomic E-state index is 13.6. The van der Waals surface area contributed by atoms with Gasteiger partial charge in [-0.3, -0.25) is 4.90 Å². The van der Waals surface area contributed by atoms with Gasteiger partial charge in [0, 0.05) is 39.1 Å². The summed E-state index contributed by atoms with van der Waals surface area (Å²) in [5.41, 5.74) is 2.07. The van der Waals surface area contributed by atoms with Crippen LogP contribution in [0.15, 0.2) is 18.2 Å². The van der Waals surface area contributed by atoms with Crippen molar-refractivity contribution in [1.29, 1.82) is 0 Å². The van der Waals surface area contributed by atoms with Crippen LogP contribution in [0.25, 0.3) is 0 Å². The molecule has 5 nitrogen and oxygen atoms in total. The van der Waals surface area contributed by atoms with Gasteiger partial charge in [0.05, 0.1) is 25.4 Å². The van der Waals surface area contributed by atoms with E-state index in [1.807, 2.05) is 25.1 Å². The van der Waals surface area contributed by atoms with Gasteiger partial charge in [0.15, 0.2) is 0 Å². The van der Waals surface area contributed by atoms with Crippen LogP contribution in [0.4, 0.5) is 8.78 Å². The molecule has 0 radical (unpaired) electrons. The molecule has 1 aliphatic heterocycles. The zero-order valence-corrected chi connectivity index (χ0v) is 17.1. The van der Waals surface area contributed by atoms with Gasteiger partial charge in [-0.15, -0.1) is 0 Å². The number of halogens is 2. The quantitative estimate of drug-likeness (QED) is 0.605. The summed E-state index contributed by atoms with van der Waals surface area (Å²) in [7, 11) is 0. The van der Waals surface area contributed by atoms with Crippen molar-refractivity contribution in [2.75, 3.05) is 46.1 Å². The van der Waals surface area contributed by atoms with Crippen molar-refractivity contribution < 1.29 is 27.8 Å². The van der Waals surface area contributed by atoms with E-state index in [1.165, 1.54) is 0 Å². The number of esters is 1. The summed E-state index contributed by atoms with van der Waals surface area (Å²) >= 11 is 0. The highest BCUT2D eigenvalue weighted by Crippen LogP contribution is 2.42. The molecule has 1 aromatic carbocycles. The molecule has 2 fully saturated rings. The van der Waals surface area contributed by atoms with Gasteiger partial charge in [0.1, 0.15) is 6.61 Å². The second-order valence-corrected chi connectivity index (χ2v) is 7.74. The Morgan fingerprint density at radius 2 is 1.97 bits per heavy atom. The number of benzene rings is 1. The maximum absolute atomic E-state index is 13.6. The molecule has 0 amide bonds. The molecule has 29 heavy (non-hydrogen) atoms. The average molecular weight is 411 g/mol. The zero-order chi connectivity index (χ0) is 20.7. The lowest BCUT2D eigenvalue weighted by atomic mass is 9.79. The number of hydrogen-bond acceptors (Lipinski definition) is 5. The fraction of sp³-hybridized carbons (Fsp3) is 0.682. The SMILES string of the molecule is CCOCc1cccc(C2CCC(F)(F)CC2)c1C(=O)OCCN1CCOCC1. The normalized spacial score (nSPS) is 20.5. The van der Waals surface area contributed by atoms with E-state index >= 15 is 0 Å². The number of carbonyl (C=O) groups is 1. The molecule has 0 aromatic heterocycles. The number of morpholine rings is 1. The van der Waals surface area contributed by atoms with Crippen LogP contribution in [-0.4, -0.2) is 62.9 Å². The zero-order valence-electron chi connectivity index (χ0n) is 17.1. The van der Waals surface area contributed by atoms with Gasteiger partial charge in [-0.05, 0) is 36.8 Å². The molecule has 0 N–H and O–H groups in total. The molecule has 0 bridgehead atoms. The highest BCUT2D eigenvalue weighted by molar-refractivity contribution is 5.93. The summed E-state index contributed by atoms with van der Waals surface area (Å²) in [6.07, 6.45) is 0.468. The molecule has 0 unspecified atom stereocenters. The monoisotopic (exact) mass is 411 g/mol. The van der Waals surface area contributed by atoms with Crippen LogP contribution in [0.3, 0.4) is 0 Å². The average Bonchev–Trinajstić information content (AvgIpc) is 2.72. The molecule has 1 aromatic rings. The molecule has 1 aliphatic carbocycles. The van der Waals surface area contributed by atoms with E-state index in [1.54, 1.807) is 0 Å². The van der Waals surface area contributed by atoms with Crippen LogP contribution in [0.2, 0.25) is 0 Å². The van der Waals surface area contributed by atoms with Gasteiger partial charge in [-0.1, -0.05) is 18.2 Å². The number of alkyl halides is 2. The highest BCUT2D eigenvalue weighted by atomic mass is 19.3. The van der Waals surface area contributed by atoms with E-state index in [-0.39, 0.29) is 24.7 Å². The summed E-state index contributed by atoms with van der Waals surface area (Å²) < 4.78 is 43.7. The summed E-state index contributed by atoms with van der Waals surface area (Å²) in [4.78, 5) is 15.2. The first kappa shape index (κ1) is 22.1. The Bertz CT molecular complexity index is 667. The molecule has 0 atom stereocenters. The van der Waals surface area contributed by atoms with Crippen molar-refractivity contribution in [1.82, 2.24) is 4.90 Å². The van der Waals surface area contributed by atoms with E-state index in [0.29, 0.717) is 58.0 Å². The standard InChI is InChI=1S/C22H31F2NO4/c1-2-27-16-18-4-3-5-19(17-6-8-22(23,24)9-7-17)20(18)21(26)29-15-12-25-10-13-28-14-11-25/h3-5,17H,2,6-16H2,1H3. The number of carbonyl (C=O) groups excluding carboxylic acids is 1. The Morgan fingerprint density at radius 1 is 1.24 bits per heavy atom. The fourth-order valence-corrected chi connectivity index (χ4v) is 4.06. The lowest BCUT2D eigenvalue weighted by Crippen LogP contribution is -2.38. The van der Waals surface area contributed by atoms with Gasteiger partial charge in [-0.25, -0.2) is 13.6 Å². The second kappa shape index (κ2) is 10.5. The first-order valence-electron chi connectivity index (χ1n) is 10.5. The van der Waals surface area contributed by atoms with Gasteiger partial charge in [-0.2, -0.15) is 0 Å². The molecule has 1 saturated carbocycles. The lowest BCUT2D eigenvalue weighted by Gasteiger charge is -2.30. The predicted molar refractivity (Wildman–Crippen MR) is 105 cm³/mol. The minimum Gasteiger partial charge on any atom is -0.461 e. The minimum absolute atomic E-state index is 0.0574. The third-order valence-corrected chi connectivity index (χ3v) is 5.75. The predicted octanol–water partition coefficient (Wildman–Crippen LogP) is 4.01. The first-order valence-corrected chi connectivity index (χ1v) is 10.5. The van der Waals surface area contributed by atoms with Crippen LogP contribution >= 0.6 is 0 Å². The molecule has 0 spiro atoms. The summed E-state index contributed by atoms with van der Waals surface area (Å²) in [5.74, 6) is -3.04. The molecule has 1 heterocycles. The maximum Gasteiger partial charge on any atom is 0.338 e. The molecule has 1 saturated heterocycles. The molecular weight excluding hydrogens is 380 g/mol. The van der Waals surface area contributed by atoms with E-state index < -0.39 is 5.92 Å². The first-order chi connectivity index (χ1) is 14.0. The number of nitrogens with zero attached hydrogens (tertiary/aromatic N) is 1. The number of rotatable bonds is 8. The van der Waals surface area contributed by atoms with Crippen molar-refractivity contribution in [2.24, 2.45) is 0 Å². The lowest BCUT2D eigenvalue weighted by molar-refractivity contribution is -0.0382. The van der Waals surface area contributed by atoms with E-state index in [4.69, 9.17) is 14.2 Å². The van der Waals surface area contributed by atoms with E-state index in [0.717, 1.165) is 24.2 Å². The molecule has 162 valence electrons. The molecule has 3 rings (SSSR count). The minimum atomic E-state index is -2.60. The Balaban J connectivity index is 1.71. The van der Waals surface area contributed by atoms with E-state index in [9.17, 15) is 13.6 Å². The van der Waals surface area contributed by atoms with Crippen LogP contribution in [0, 0.1) is 0 Å². The van der Waals surface area contributed by atoms with Crippen LogP contribution < -0.4 is 0 Å². The third kappa shape index (κ3) is 6.20. The highest BCUT2D eigenvalue weighted by Gasteiger charge is 2.37. The fourth-order valence-electron chi connectivity index (χ4n) is 4.06. The van der Waals surface area contributed by atoms with Crippen LogP contribution in [-0.2, 0) is 20.8 Å². The van der Waals surface area contributed by atoms with Crippen molar-refractivity contribution in [2.45, 2.75) is 51.1 Å². The van der Waals surface area contributed by atoms with Crippen molar-refractivity contribution in [3.8, 4) is 0 Å². The third-order valence-electron chi connectivity index (χ3n) is 5.75. The Labute approximate surface area is 171 Å². The van der Waals surface area contributed by atoms with Crippen LogP contribution in [0.5, 0.6) is 0 Å². The number of ether oxygens (including phenoxy) is 3. The second-order valence-electron chi connectivity index (χ2n) is 7.74. The molecule has 2 aliphatic rings. The van der Waals surface area contributed by atoms with Crippen molar-refractivity contribution >= 4 is 5.97 Å². The Hall–Kier alpha value is -1.57. The summed E-state index contributed by atoms with van der Waals surface area (Å²) in [5, 5.41) is 0.